The fourth-order valence-corrected chi connectivity index (χ4v) is 0.937. The molecule has 0 N–H and O–H groups in total. The van der Waals surface area contributed by atoms with Gasteiger partial charge in [-0.15, -0.1) is 0 Å². The van der Waals surface area contributed by atoms with E-state index in [9.17, 15) is 4.79 Å². The summed E-state index contributed by atoms with van der Waals surface area (Å²) in [6.45, 7) is 0. The predicted molar refractivity (Wildman–Crippen MR) is 26.1 cm³/mol. The molecule has 0 aliphatic carbocycles. The molecule has 0 unspecified atom stereocenters. The quantitative estimate of drug-likeness (QED) is 0.494. The molecule has 0 fully saturated rings. The molecular formula is C5H4NOZn. The molecule has 0 aromatic carbocycles. The van der Waals surface area contributed by atoms with Crippen molar-refractivity contribution in [3.63, 3.8) is 0 Å². The Balaban J connectivity index is 3.35. The molecule has 1 aromatic heterocycles. The summed E-state index contributed by atoms with van der Waals surface area (Å²) in [4.78, 5) is 10.6. The van der Waals surface area contributed by atoms with Crippen molar-refractivity contribution >= 4 is 0 Å². The number of hydrogen-bond acceptors (Lipinski definition) is 1. The third kappa shape index (κ3) is 1.04. The van der Waals surface area contributed by atoms with Gasteiger partial charge in [0.25, 0.3) is 0 Å². The van der Waals surface area contributed by atoms with Gasteiger partial charge in [0.1, 0.15) is 0 Å². The number of nitrogens with zero attached hydrogens (tertiary/aromatic N) is 1. The molecule has 0 aliphatic rings. The van der Waals surface area contributed by atoms with Crippen LogP contribution in [0.1, 0.15) is 0 Å². The number of hydrogen-bond donors (Lipinski definition) is 0. The summed E-state index contributed by atoms with van der Waals surface area (Å²) >= 11 is 0.875. The molecule has 2 nitrogen and oxygen atoms in total. The summed E-state index contributed by atoms with van der Waals surface area (Å²) in [5.41, 5.74) is 0.0903. The van der Waals surface area contributed by atoms with Crippen molar-refractivity contribution in [3.05, 3.63) is 34.7 Å². The van der Waals surface area contributed by atoms with Crippen LogP contribution in [-0.2, 0) is 18.5 Å². The average Bonchev–Trinajstić information content (AvgIpc) is 1.77. The summed E-state index contributed by atoms with van der Waals surface area (Å²) < 4.78 is 1.65. The minimum absolute atomic E-state index is 0.0903. The molecule has 1 aromatic rings. The van der Waals surface area contributed by atoms with Crippen molar-refractivity contribution in [2.45, 2.75) is 0 Å². The second-order valence-electron chi connectivity index (χ2n) is 1.51. The van der Waals surface area contributed by atoms with Crippen LogP contribution in [0.5, 0.6) is 0 Å². The number of pyridine rings is 1. The van der Waals surface area contributed by atoms with Crippen molar-refractivity contribution in [1.29, 1.82) is 0 Å². The number of rotatable bonds is 0. The van der Waals surface area contributed by atoms with Crippen LogP contribution < -0.4 is 5.56 Å². The molecule has 0 spiro atoms. The molecular weight excluding hydrogens is 155 g/mol. The molecule has 3 heteroatoms. The Morgan fingerprint density at radius 2 is 2.25 bits per heavy atom. The summed E-state index contributed by atoms with van der Waals surface area (Å²) in [6.07, 6.45) is 1.78. The first-order valence-corrected chi connectivity index (χ1v) is 3.62. The fraction of sp³-hybridized carbons (Fsp3) is 0. The zero-order chi connectivity index (χ0) is 5.98. The van der Waals surface area contributed by atoms with Crippen molar-refractivity contribution in [2.75, 3.05) is 0 Å². The van der Waals surface area contributed by atoms with Crippen LogP contribution in [0.25, 0.3) is 0 Å². The molecule has 37 valence electrons. The molecule has 0 amide bonds. The Morgan fingerprint density at radius 3 is 2.62 bits per heavy atom. The molecule has 0 aliphatic heterocycles. The van der Waals surface area contributed by atoms with Gasteiger partial charge in [0.15, 0.2) is 0 Å². The van der Waals surface area contributed by atoms with E-state index < -0.39 is 0 Å². The Morgan fingerprint density at radius 1 is 1.50 bits per heavy atom. The van der Waals surface area contributed by atoms with E-state index in [0.29, 0.717) is 0 Å². The van der Waals surface area contributed by atoms with Gasteiger partial charge in [-0.1, -0.05) is 0 Å². The number of aromatic nitrogens is 1. The molecule has 0 saturated carbocycles. The van der Waals surface area contributed by atoms with Crippen LogP contribution in [-0.4, -0.2) is 3.31 Å². The first-order chi connectivity index (χ1) is 3.80. The monoisotopic (exact) mass is 158 g/mol. The average molecular weight is 159 g/mol. The van der Waals surface area contributed by atoms with Crippen LogP contribution in [0, 0.1) is 0 Å². The van der Waals surface area contributed by atoms with E-state index in [1.54, 1.807) is 21.6 Å². The summed E-state index contributed by atoms with van der Waals surface area (Å²) in [5, 5.41) is 0. The van der Waals surface area contributed by atoms with Gasteiger partial charge in [-0.2, -0.15) is 0 Å². The van der Waals surface area contributed by atoms with E-state index in [4.69, 9.17) is 0 Å². The van der Waals surface area contributed by atoms with Gasteiger partial charge < -0.3 is 0 Å². The van der Waals surface area contributed by atoms with Crippen LogP contribution in [0.4, 0.5) is 0 Å². The van der Waals surface area contributed by atoms with Crippen LogP contribution in [0.3, 0.4) is 0 Å². The molecule has 0 bridgehead atoms. The Labute approximate surface area is 57.1 Å². The second-order valence-corrected chi connectivity index (χ2v) is 2.94. The summed E-state index contributed by atoms with van der Waals surface area (Å²) in [7, 11) is 0. The molecule has 0 atom stereocenters. The zero-order valence-corrected chi connectivity index (χ0v) is 7.34. The molecule has 0 radical (unpaired) electrons. The van der Waals surface area contributed by atoms with Crippen molar-refractivity contribution in [3.8, 4) is 0 Å². The van der Waals surface area contributed by atoms with E-state index in [1.165, 1.54) is 0 Å². The van der Waals surface area contributed by atoms with Gasteiger partial charge in [-0.25, -0.2) is 0 Å². The Hall–Kier alpha value is -0.427. The van der Waals surface area contributed by atoms with E-state index in [1.807, 2.05) is 6.07 Å². The summed E-state index contributed by atoms with van der Waals surface area (Å²) in [5.74, 6) is 0. The van der Waals surface area contributed by atoms with E-state index in [2.05, 4.69) is 0 Å². The normalized spacial score (nSPS) is 9.25. The van der Waals surface area contributed by atoms with Gasteiger partial charge in [-0.3, -0.25) is 0 Å². The first-order valence-electron chi connectivity index (χ1n) is 2.29. The third-order valence-corrected chi connectivity index (χ3v) is 2.00. The first kappa shape index (κ1) is 5.71. The third-order valence-electron chi connectivity index (χ3n) is 0.899. The molecule has 1 rings (SSSR count). The van der Waals surface area contributed by atoms with Gasteiger partial charge in [0, 0.05) is 0 Å². The predicted octanol–water partition coefficient (Wildman–Crippen LogP) is 0.158. The van der Waals surface area contributed by atoms with E-state index >= 15 is 0 Å². The van der Waals surface area contributed by atoms with Gasteiger partial charge in [0.2, 0.25) is 0 Å². The van der Waals surface area contributed by atoms with Crippen molar-refractivity contribution in [2.24, 2.45) is 0 Å². The summed E-state index contributed by atoms with van der Waals surface area (Å²) in [6, 6.07) is 5.16. The maximum atomic E-state index is 10.6. The molecule has 0 saturated heterocycles. The standard InChI is InChI=1S/C5H5NO.Zn/c7-5-3-1-2-4-6-5;/h1-4H,(H,6,7);/q;+1/p-1. The van der Waals surface area contributed by atoms with Crippen LogP contribution in [0.2, 0.25) is 0 Å². The molecule has 8 heavy (non-hydrogen) atoms. The van der Waals surface area contributed by atoms with E-state index in [0.717, 1.165) is 18.5 Å². The van der Waals surface area contributed by atoms with E-state index in [-0.39, 0.29) is 5.56 Å². The van der Waals surface area contributed by atoms with Gasteiger partial charge >= 0.3 is 56.6 Å². The minimum atomic E-state index is 0.0903. The fourth-order valence-electron chi connectivity index (χ4n) is 0.461. The Bertz CT molecular complexity index is 230. The topological polar surface area (TPSA) is 22.0 Å². The zero-order valence-electron chi connectivity index (χ0n) is 4.37. The van der Waals surface area contributed by atoms with Crippen LogP contribution in [0.15, 0.2) is 29.2 Å². The van der Waals surface area contributed by atoms with Gasteiger partial charge in [-0.05, 0) is 0 Å². The van der Waals surface area contributed by atoms with Crippen LogP contribution >= 0.6 is 0 Å². The van der Waals surface area contributed by atoms with Crippen molar-refractivity contribution in [1.82, 2.24) is 3.31 Å². The maximum absolute atomic E-state index is 10.6. The SMILES string of the molecule is O=c1cccc[n]1[Zn]. The molecule has 1 heterocycles. The Kier molecular flexibility index (Phi) is 1.59. The van der Waals surface area contributed by atoms with Gasteiger partial charge in [0.05, 0.1) is 0 Å². The second kappa shape index (κ2) is 2.23. The van der Waals surface area contributed by atoms with Crippen molar-refractivity contribution < 1.29 is 18.5 Å².